The minimum atomic E-state index is -0.835. The third-order valence-corrected chi connectivity index (χ3v) is 2.08. The van der Waals surface area contributed by atoms with Gasteiger partial charge in [-0.1, -0.05) is 12.2 Å². The molecule has 0 radical (unpaired) electrons. The van der Waals surface area contributed by atoms with Crippen LogP contribution in [0.15, 0.2) is 24.3 Å². The number of rotatable bonds is 3. The van der Waals surface area contributed by atoms with Crippen molar-refractivity contribution >= 4 is 5.97 Å². The average molecular weight is 152 g/mol. The molecule has 1 aliphatic carbocycles. The molecule has 0 aromatic heterocycles. The highest BCUT2D eigenvalue weighted by Crippen LogP contribution is 2.48. The molecular weight excluding hydrogens is 140 g/mol. The second-order valence-electron chi connectivity index (χ2n) is 3.07. The number of carbonyl (C=O) groups is 1. The molecular formula is C9H12O2. The number of allylic oxidation sites excluding steroid dienone is 2. The number of hydrogen-bond acceptors (Lipinski definition) is 1. The van der Waals surface area contributed by atoms with E-state index in [1.807, 2.05) is 6.08 Å². The molecule has 1 fully saturated rings. The molecule has 0 aromatic rings. The number of hydrogen-bond donors (Lipinski definition) is 1. The van der Waals surface area contributed by atoms with Gasteiger partial charge in [0.25, 0.3) is 0 Å². The maximum absolute atomic E-state index is 10.4. The minimum Gasteiger partial charge on any atom is -0.478 e. The van der Waals surface area contributed by atoms with E-state index in [1.54, 1.807) is 13.0 Å². The monoisotopic (exact) mass is 152 g/mol. The van der Waals surface area contributed by atoms with Gasteiger partial charge in [-0.2, -0.15) is 0 Å². The lowest BCUT2D eigenvalue weighted by Gasteiger charge is -2.01. The molecule has 1 saturated carbocycles. The van der Waals surface area contributed by atoms with Crippen molar-refractivity contribution in [2.45, 2.75) is 19.8 Å². The first-order valence-corrected chi connectivity index (χ1v) is 3.66. The van der Waals surface area contributed by atoms with Crippen LogP contribution in [0, 0.1) is 5.41 Å². The number of carboxylic acid groups (broad SMARTS) is 1. The van der Waals surface area contributed by atoms with E-state index >= 15 is 0 Å². The van der Waals surface area contributed by atoms with Crippen molar-refractivity contribution in [1.82, 2.24) is 0 Å². The first kappa shape index (κ1) is 8.05. The highest BCUT2D eigenvalue weighted by molar-refractivity contribution is 5.86. The molecule has 2 heteroatoms. The van der Waals surface area contributed by atoms with E-state index in [9.17, 15) is 4.79 Å². The van der Waals surface area contributed by atoms with E-state index < -0.39 is 5.97 Å². The Hall–Kier alpha value is -1.05. The van der Waals surface area contributed by atoms with E-state index in [2.05, 4.69) is 6.58 Å². The Balaban J connectivity index is 2.71. The zero-order valence-corrected chi connectivity index (χ0v) is 6.63. The molecule has 0 heterocycles. The summed E-state index contributed by atoms with van der Waals surface area (Å²) in [6, 6.07) is 0. The highest BCUT2D eigenvalue weighted by Gasteiger charge is 2.37. The average Bonchev–Trinajstić information content (AvgIpc) is 2.69. The normalized spacial score (nSPS) is 21.0. The standard InChI is InChI=1S/C9H12O2/c1-3-9(4-5-9)6-7(2)8(10)11/h3,6H,1,4-5H2,2H3,(H,10,11)/b7-6+. The maximum Gasteiger partial charge on any atom is 0.330 e. The van der Waals surface area contributed by atoms with E-state index in [4.69, 9.17) is 5.11 Å². The molecule has 11 heavy (non-hydrogen) atoms. The fourth-order valence-electron chi connectivity index (χ4n) is 1.04. The summed E-state index contributed by atoms with van der Waals surface area (Å²) >= 11 is 0. The van der Waals surface area contributed by atoms with Crippen LogP contribution in [0.1, 0.15) is 19.8 Å². The van der Waals surface area contributed by atoms with Gasteiger partial charge in [0.05, 0.1) is 0 Å². The van der Waals surface area contributed by atoms with Gasteiger partial charge in [-0.3, -0.25) is 0 Å². The topological polar surface area (TPSA) is 37.3 Å². The number of carboxylic acids is 1. The van der Waals surface area contributed by atoms with Gasteiger partial charge < -0.3 is 5.11 Å². The van der Waals surface area contributed by atoms with Crippen LogP contribution in [-0.4, -0.2) is 11.1 Å². The zero-order valence-electron chi connectivity index (χ0n) is 6.63. The summed E-state index contributed by atoms with van der Waals surface area (Å²) in [5.41, 5.74) is 0.435. The molecule has 2 nitrogen and oxygen atoms in total. The molecule has 60 valence electrons. The number of aliphatic carboxylic acids is 1. The zero-order chi connectivity index (χ0) is 8.48. The molecule has 0 aromatic carbocycles. The SMILES string of the molecule is C=CC1(/C=C(\C)C(=O)O)CC1. The summed E-state index contributed by atoms with van der Waals surface area (Å²) in [6.07, 6.45) is 5.71. The van der Waals surface area contributed by atoms with Crippen LogP contribution in [0.2, 0.25) is 0 Å². The first-order chi connectivity index (χ1) is 5.09. The Morgan fingerprint density at radius 2 is 2.18 bits per heavy atom. The lowest BCUT2D eigenvalue weighted by molar-refractivity contribution is -0.132. The van der Waals surface area contributed by atoms with Gasteiger partial charge in [-0.25, -0.2) is 4.79 Å². The van der Waals surface area contributed by atoms with Crippen LogP contribution >= 0.6 is 0 Å². The van der Waals surface area contributed by atoms with Crippen molar-refractivity contribution in [2.24, 2.45) is 5.41 Å². The van der Waals surface area contributed by atoms with Crippen molar-refractivity contribution < 1.29 is 9.90 Å². The van der Waals surface area contributed by atoms with E-state index in [0.717, 1.165) is 12.8 Å². The molecule has 0 unspecified atom stereocenters. The summed E-state index contributed by atoms with van der Waals surface area (Å²) in [7, 11) is 0. The van der Waals surface area contributed by atoms with Crippen LogP contribution in [0.3, 0.4) is 0 Å². The predicted molar refractivity (Wildman–Crippen MR) is 43.3 cm³/mol. The third-order valence-electron chi connectivity index (χ3n) is 2.08. The quantitative estimate of drug-likeness (QED) is 0.496. The Kier molecular flexibility index (Phi) is 1.85. The summed E-state index contributed by atoms with van der Waals surface area (Å²) < 4.78 is 0. The van der Waals surface area contributed by atoms with Gasteiger partial charge in [0.15, 0.2) is 0 Å². The van der Waals surface area contributed by atoms with Gasteiger partial charge in [-0.05, 0) is 19.8 Å². The van der Waals surface area contributed by atoms with Crippen LogP contribution < -0.4 is 0 Å². The van der Waals surface area contributed by atoms with Crippen LogP contribution in [0.4, 0.5) is 0 Å². The molecule has 1 aliphatic rings. The van der Waals surface area contributed by atoms with Gasteiger partial charge >= 0.3 is 5.97 Å². The Labute approximate surface area is 66.2 Å². The van der Waals surface area contributed by atoms with Crippen molar-refractivity contribution in [3.05, 3.63) is 24.3 Å². The second kappa shape index (κ2) is 2.53. The van der Waals surface area contributed by atoms with Crippen LogP contribution in [0.5, 0.6) is 0 Å². The fourth-order valence-corrected chi connectivity index (χ4v) is 1.04. The molecule has 0 aliphatic heterocycles. The van der Waals surface area contributed by atoms with Gasteiger partial charge in [0.1, 0.15) is 0 Å². The van der Waals surface area contributed by atoms with Crippen molar-refractivity contribution in [3.8, 4) is 0 Å². The molecule has 0 spiro atoms. The van der Waals surface area contributed by atoms with Crippen molar-refractivity contribution in [3.63, 3.8) is 0 Å². The Morgan fingerprint density at radius 3 is 2.45 bits per heavy atom. The Morgan fingerprint density at radius 1 is 1.64 bits per heavy atom. The third kappa shape index (κ3) is 1.70. The largest absolute Gasteiger partial charge is 0.478 e. The molecule has 0 bridgehead atoms. The smallest absolute Gasteiger partial charge is 0.330 e. The second-order valence-corrected chi connectivity index (χ2v) is 3.07. The van der Waals surface area contributed by atoms with Crippen LogP contribution in [-0.2, 0) is 4.79 Å². The molecule has 1 N–H and O–H groups in total. The highest BCUT2D eigenvalue weighted by atomic mass is 16.4. The lowest BCUT2D eigenvalue weighted by Crippen LogP contribution is -1.99. The summed E-state index contributed by atoms with van der Waals surface area (Å²) in [5, 5.41) is 8.57. The van der Waals surface area contributed by atoms with Crippen LogP contribution in [0.25, 0.3) is 0 Å². The Bertz CT molecular complexity index is 222. The molecule has 0 atom stereocenters. The van der Waals surface area contributed by atoms with Gasteiger partial charge in [0.2, 0.25) is 0 Å². The molecule has 0 amide bonds. The minimum absolute atomic E-state index is 0.0163. The summed E-state index contributed by atoms with van der Waals surface area (Å²) in [5.74, 6) is -0.835. The molecule has 0 saturated heterocycles. The van der Waals surface area contributed by atoms with Crippen molar-refractivity contribution in [1.29, 1.82) is 0 Å². The van der Waals surface area contributed by atoms with E-state index in [-0.39, 0.29) is 5.41 Å². The van der Waals surface area contributed by atoms with E-state index in [1.165, 1.54) is 0 Å². The van der Waals surface area contributed by atoms with Gasteiger partial charge in [-0.15, -0.1) is 6.58 Å². The van der Waals surface area contributed by atoms with Gasteiger partial charge in [0, 0.05) is 11.0 Å². The fraction of sp³-hybridized carbons (Fsp3) is 0.444. The van der Waals surface area contributed by atoms with E-state index in [0.29, 0.717) is 5.57 Å². The molecule has 1 rings (SSSR count). The lowest BCUT2D eigenvalue weighted by atomic mass is 10.0. The van der Waals surface area contributed by atoms with Crippen molar-refractivity contribution in [2.75, 3.05) is 0 Å². The summed E-state index contributed by atoms with van der Waals surface area (Å²) in [4.78, 5) is 10.4. The first-order valence-electron chi connectivity index (χ1n) is 3.66. The predicted octanol–water partition coefficient (Wildman–Crippen LogP) is 1.98. The maximum atomic E-state index is 10.4. The summed E-state index contributed by atoms with van der Waals surface area (Å²) in [6.45, 7) is 5.29.